The lowest BCUT2D eigenvalue weighted by molar-refractivity contribution is -0.132. The Labute approximate surface area is 202 Å². The van der Waals surface area contributed by atoms with Crippen LogP contribution in [-0.4, -0.2) is 45.5 Å². The zero-order valence-corrected chi connectivity index (χ0v) is 19.9. The number of thiophene rings is 1. The largest absolute Gasteiger partial charge is 0.342 e. The van der Waals surface area contributed by atoms with Gasteiger partial charge in [0.15, 0.2) is 0 Å². The van der Waals surface area contributed by atoms with Crippen molar-refractivity contribution in [2.24, 2.45) is 0 Å². The van der Waals surface area contributed by atoms with E-state index < -0.39 is 0 Å². The summed E-state index contributed by atoms with van der Waals surface area (Å²) in [7, 11) is 0. The van der Waals surface area contributed by atoms with Gasteiger partial charge in [0, 0.05) is 42.7 Å². The number of urea groups is 1. The number of carbonyl (C=O) groups excluding carboxylic acids is 2. The van der Waals surface area contributed by atoms with Crippen LogP contribution in [0.3, 0.4) is 0 Å². The molecule has 2 aromatic heterocycles. The number of anilines is 1. The second-order valence-corrected chi connectivity index (χ2v) is 10.1. The number of nitrogens with one attached hydrogen (secondary N) is 2. The predicted molar refractivity (Wildman–Crippen MR) is 133 cm³/mol. The predicted octanol–water partition coefficient (Wildman–Crippen LogP) is 3.54. The Morgan fingerprint density at radius 2 is 1.85 bits per heavy atom. The third-order valence-electron chi connectivity index (χ3n) is 6.72. The monoisotopic (exact) mass is 479 g/mol. The molecule has 3 heterocycles. The summed E-state index contributed by atoms with van der Waals surface area (Å²) in [4.78, 5) is 46.6. The van der Waals surface area contributed by atoms with Gasteiger partial charge in [0.2, 0.25) is 5.91 Å². The van der Waals surface area contributed by atoms with Gasteiger partial charge >= 0.3 is 6.03 Å². The molecule has 0 radical (unpaired) electrons. The van der Waals surface area contributed by atoms with Crippen LogP contribution in [0.15, 0.2) is 41.5 Å². The molecule has 178 valence electrons. The highest BCUT2D eigenvalue weighted by Crippen LogP contribution is 2.33. The minimum atomic E-state index is -0.228. The number of benzene rings is 1. The van der Waals surface area contributed by atoms with Crippen LogP contribution in [0, 0.1) is 0 Å². The van der Waals surface area contributed by atoms with Gasteiger partial charge in [-0.2, -0.15) is 0 Å². The second kappa shape index (κ2) is 9.97. The van der Waals surface area contributed by atoms with E-state index in [1.54, 1.807) is 22.2 Å². The smallest absolute Gasteiger partial charge is 0.319 e. The van der Waals surface area contributed by atoms with E-state index in [0.717, 1.165) is 35.2 Å². The van der Waals surface area contributed by atoms with Crippen molar-refractivity contribution < 1.29 is 9.59 Å². The third kappa shape index (κ3) is 4.84. The Morgan fingerprint density at radius 1 is 1.09 bits per heavy atom. The maximum absolute atomic E-state index is 13.1. The van der Waals surface area contributed by atoms with Gasteiger partial charge in [-0.05, 0) is 56.2 Å². The van der Waals surface area contributed by atoms with Crippen LogP contribution in [0.5, 0.6) is 0 Å². The van der Waals surface area contributed by atoms with E-state index in [9.17, 15) is 14.4 Å². The molecule has 9 heteroatoms. The van der Waals surface area contributed by atoms with E-state index in [2.05, 4.69) is 15.6 Å². The number of likely N-dealkylation sites (tertiary alicyclic amines) is 1. The van der Waals surface area contributed by atoms with Gasteiger partial charge in [0.05, 0.1) is 11.7 Å². The van der Waals surface area contributed by atoms with Crippen molar-refractivity contribution >= 4 is 39.2 Å². The number of para-hydroxylation sites is 1. The molecule has 3 amide bonds. The van der Waals surface area contributed by atoms with Crippen LogP contribution in [0.4, 0.5) is 10.5 Å². The lowest BCUT2D eigenvalue weighted by atomic mass is 9.97. The fourth-order valence-corrected chi connectivity index (χ4v) is 6.08. The van der Waals surface area contributed by atoms with E-state index in [4.69, 9.17) is 0 Å². The summed E-state index contributed by atoms with van der Waals surface area (Å²) in [6, 6.07) is 9.13. The summed E-state index contributed by atoms with van der Waals surface area (Å²) in [6.45, 7) is 1.53. The Bertz CT molecular complexity index is 1240. The number of carbonyl (C=O) groups is 2. The number of fused-ring (bicyclic) bond motifs is 3. The van der Waals surface area contributed by atoms with Crippen molar-refractivity contribution in [3.8, 4) is 0 Å². The summed E-state index contributed by atoms with van der Waals surface area (Å²) in [5.41, 5.74) is 1.90. The van der Waals surface area contributed by atoms with Crippen LogP contribution in [0.2, 0.25) is 0 Å². The first-order valence-corrected chi connectivity index (χ1v) is 12.8. The van der Waals surface area contributed by atoms with Gasteiger partial charge in [0.1, 0.15) is 4.83 Å². The SMILES string of the molecule is O=C(Nc1ccccc1)NC1CCN(C(=O)CCn2cnc3sc4c(c3c2=O)CCCC4)CC1. The van der Waals surface area contributed by atoms with Crippen LogP contribution in [0.25, 0.3) is 10.2 Å². The summed E-state index contributed by atoms with van der Waals surface area (Å²) >= 11 is 1.64. The molecule has 0 bridgehead atoms. The van der Waals surface area contributed by atoms with Crippen LogP contribution < -0.4 is 16.2 Å². The lowest BCUT2D eigenvalue weighted by Gasteiger charge is -2.32. The molecule has 0 unspecified atom stereocenters. The summed E-state index contributed by atoms with van der Waals surface area (Å²) in [5, 5.41) is 6.58. The second-order valence-electron chi connectivity index (χ2n) is 9.00. The average molecular weight is 480 g/mol. The normalized spacial score (nSPS) is 16.3. The molecule has 0 saturated carbocycles. The molecule has 1 aromatic carbocycles. The van der Waals surface area contributed by atoms with E-state index in [1.165, 1.54) is 16.9 Å². The van der Waals surface area contributed by atoms with Crippen molar-refractivity contribution in [3.63, 3.8) is 0 Å². The first-order valence-electron chi connectivity index (χ1n) is 12.0. The van der Waals surface area contributed by atoms with Crippen molar-refractivity contribution in [3.05, 3.63) is 57.5 Å². The molecule has 2 aliphatic rings. The van der Waals surface area contributed by atoms with Gasteiger partial charge in [-0.1, -0.05) is 18.2 Å². The quantitative estimate of drug-likeness (QED) is 0.585. The summed E-state index contributed by atoms with van der Waals surface area (Å²) < 4.78 is 1.59. The van der Waals surface area contributed by atoms with Gasteiger partial charge < -0.3 is 15.5 Å². The highest BCUT2D eigenvalue weighted by atomic mass is 32.1. The molecule has 2 N–H and O–H groups in total. The molecule has 3 aromatic rings. The molecule has 8 nitrogen and oxygen atoms in total. The molecule has 1 saturated heterocycles. The fraction of sp³-hybridized carbons (Fsp3) is 0.440. The number of rotatable bonds is 5. The van der Waals surface area contributed by atoms with E-state index in [1.807, 2.05) is 35.2 Å². The number of aromatic nitrogens is 2. The summed E-state index contributed by atoms with van der Waals surface area (Å²) in [5.74, 6) is 0.0338. The minimum absolute atomic E-state index is 0.0236. The van der Waals surface area contributed by atoms with Gasteiger partial charge in [-0.25, -0.2) is 9.78 Å². The highest BCUT2D eigenvalue weighted by Gasteiger charge is 2.24. The Morgan fingerprint density at radius 3 is 2.65 bits per heavy atom. The Hall–Kier alpha value is -3.20. The van der Waals surface area contributed by atoms with Gasteiger partial charge in [-0.15, -0.1) is 11.3 Å². The highest BCUT2D eigenvalue weighted by molar-refractivity contribution is 7.18. The Balaban J connectivity index is 1.13. The van der Waals surface area contributed by atoms with E-state index in [0.29, 0.717) is 32.5 Å². The van der Waals surface area contributed by atoms with Crippen molar-refractivity contribution in [2.75, 3.05) is 18.4 Å². The molecular formula is C25H29N5O3S. The molecule has 1 fully saturated rings. The lowest BCUT2D eigenvalue weighted by Crippen LogP contribution is -2.47. The average Bonchev–Trinajstić information content (AvgIpc) is 3.24. The number of nitrogens with zero attached hydrogens (tertiary/aromatic N) is 3. The number of piperidine rings is 1. The maximum Gasteiger partial charge on any atom is 0.319 e. The van der Waals surface area contributed by atoms with E-state index in [-0.39, 0.29) is 30.0 Å². The van der Waals surface area contributed by atoms with Crippen LogP contribution >= 0.6 is 11.3 Å². The first-order chi connectivity index (χ1) is 16.6. The maximum atomic E-state index is 13.1. The third-order valence-corrected chi connectivity index (χ3v) is 7.92. The van der Waals surface area contributed by atoms with Crippen LogP contribution in [0.1, 0.15) is 42.5 Å². The molecule has 34 heavy (non-hydrogen) atoms. The van der Waals surface area contributed by atoms with E-state index >= 15 is 0 Å². The molecule has 0 atom stereocenters. The zero-order chi connectivity index (χ0) is 23.5. The zero-order valence-electron chi connectivity index (χ0n) is 19.1. The first kappa shape index (κ1) is 22.6. The Kier molecular flexibility index (Phi) is 6.62. The molecule has 1 aliphatic carbocycles. The molecule has 0 spiro atoms. The topological polar surface area (TPSA) is 96.3 Å². The fourth-order valence-electron chi connectivity index (χ4n) is 4.86. The standard InChI is InChI=1S/C25H29N5O3S/c31-21(29-13-10-18(11-14-29)28-25(33)27-17-6-2-1-3-7-17)12-15-30-16-26-23-22(24(30)32)19-8-4-5-9-20(19)34-23/h1-3,6-7,16,18H,4-5,8-15H2,(H2,27,28,33). The summed E-state index contributed by atoms with van der Waals surface area (Å²) in [6.07, 6.45) is 7.55. The minimum Gasteiger partial charge on any atom is -0.342 e. The molecular weight excluding hydrogens is 450 g/mol. The van der Waals surface area contributed by atoms with Crippen molar-refractivity contribution in [1.82, 2.24) is 19.8 Å². The number of amides is 3. The number of hydrogen-bond donors (Lipinski definition) is 2. The van der Waals surface area contributed by atoms with Crippen LogP contribution in [-0.2, 0) is 24.2 Å². The van der Waals surface area contributed by atoms with Gasteiger partial charge in [0.25, 0.3) is 5.56 Å². The number of hydrogen-bond acceptors (Lipinski definition) is 5. The van der Waals surface area contributed by atoms with Crippen molar-refractivity contribution in [2.45, 2.75) is 57.5 Å². The molecule has 5 rings (SSSR count). The molecule has 1 aliphatic heterocycles. The van der Waals surface area contributed by atoms with Gasteiger partial charge in [-0.3, -0.25) is 14.2 Å². The van der Waals surface area contributed by atoms with Crippen molar-refractivity contribution in [1.29, 1.82) is 0 Å². The number of aryl methyl sites for hydroxylation is 3.